The molecular weight excluding hydrogens is 230 g/mol. The monoisotopic (exact) mass is 247 g/mol. The van der Waals surface area contributed by atoms with Crippen LogP contribution in [-0.4, -0.2) is 16.5 Å². The summed E-state index contributed by atoms with van der Waals surface area (Å²) in [6.07, 6.45) is 1.09. The van der Waals surface area contributed by atoms with E-state index in [1.807, 2.05) is 13.0 Å². The lowest BCUT2D eigenvalue weighted by Gasteiger charge is -2.07. The number of anilines is 1. The first kappa shape index (κ1) is 12.0. The molecule has 0 saturated carbocycles. The predicted octanol–water partition coefficient (Wildman–Crippen LogP) is 3.64. The molecule has 1 N–H and O–H groups in total. The molecule has 0 atom stereocenters. The van der Waals surface area contributed by atoms with Gasteiger partial charge in [-0.05, 0) is 31.2 Å². The van der Waals surface area contributed by atoms with E-state index in [1.54, 1.807) is 11.3 Å². The third-order valence-electron chi connectivity index (χ3n) is 2.51. The zero-order valence-corrected chi connectivity index (χ0v) is 11.3. The van der Waals surface area contributed by atoms with E-state index in [9.17, 15) is 0 Å². The molecule has 0 unspecified atom stereocenters. The highest BCUT2D eigenvalue weighted by molar-refractivity contribution is 7.08. The van der Waals surface area contributed by atoms with Crippen LogP contribution in [0.1, 0.15) is 24.6 Å². The summed E-state index contributed by atoms with van der Waals surface area (Å²) < 4.78 is 0. The summed E-state index contributed by atoms with van der Waals surface area (Å²) in [6, 6.07) is 1.99. The molecule has 2 aromatic rings. The zero-order valence-electron chi connectivity index (χ0n) is 10.4. The van der Waals surface area contributed by atoms with Gasteiger partial charge in [0.05, 0.1) is 0 Å². The minimum absolute atomic E-state index is 0.822. The van der Waals surface area contributed by atoms with E-state index in [4.69, 9.17) is 0 Å². The van der Waals surface area contributed by atoms with Gasteiger partial charge in [-0.3, -0.25) is 0 Å². The molecule has 0 saturated heterocycles. The molecule has 0 amide bonds. The van der Waals surface area contributed by atoms with Crippen molar-refractivity contribution in [3.63, 3.8) is 0 Å². The summed E-state index contributed by atoms with van der Waals surface area (Å²) in [6.45, 7) is 7.18. The maximum absolute atomic E-state index is 4.56. The highest BCUT2D eigenvalue weighted by atomic mass is 32.1. The number of aryl methyl sites for hydroxylation is 2. The van der Waals surface area contributed by atoms with E-state index in [0.717, 1.165) is 35.9 Å². The van der Waals surface area contributed by atoms with Gasteiger partial charge in [-0.1, -0.05) is 6.92 Å². The van der Waals surface area contributed by atoms with Gasteiger partial charge >= 0.3 is 0 Å². The average molecular weight is 247 g/mol. The number of thiophene rings is 1. The smallest absolute Gasteiger partial charge is 0.162 e. The van der Waals surface area contributed by atoms with Crippen LogP contribution in [0.4, 0.5) is 5.82 Å². The third kappa shape index (κ3) is 2.82. The Bertz CT molecular complexity index is 505. The maximum atomic E-state index is 4.56. The van der Waals surface area contributed by atoms with Crippen LogP contribution in [0.15, 0.2) is 16.8 Å². The second-order valence-electron chi connectivity index (χ2n) is 4.11. The van der Waals surface area contributed by atoms with Crippen LogP contribution >= 0.6 is 11.3 Å². The molecule has 0 aliphatic rings. The minimum Gasteiger partial charge on any atom is -0.370 e. The molecule has 0 spiro atoms. The van der Waals surface area contributed by atoms with Gasteiger partial charge in [0.2, 0.25) is 0 Å². The summed E-state index contributed by atoms with van der Waals surface area (Å²) in [7, 11) is 0. The fourth-order valence-electron chi connectivity index (χ4n) is 1.62. The molecule has 0 aromatic carbocycles. The van der Waals surface area contributed by atoms with E-state index in [-0.39, 0.29) is 0 Å². The van der Waals surface area contributed by atoms with Crippen LogP contribution in [0, 0.1) is 13.8 Å². The van der Waals surface area contributed by atoms with Gasteiger partial charge in [-0.15, -0.1) is 0 Å². The highest BCUT2D eigenvalue weighted by Crippen LogP contribution is 2.24. The Balaban J connectivity index is 2.35. The Morgan fingerprint density at radius 3 is 2.71 bits per heavy atom. The van der Waals surface area contributed by atoms with Gasteiger partial charge in [-0.25, -0.2) is 9.97 Å². The largest absolute Gasteiger partial charge is 0.370 e. The van der Waals surface area contributed by atoms with Crippen molar-refractivity contribution in [2.24, 2.45) is 0 Å². The molecule has 0 aliphatic carbocycles. The lowest BCUT2D eigenvalue weighted by atomic mass is 10.2. The second kappa shape index (κ2) is 5.27. The number of nitrogens with one attached hydrogen (secondary N) is 1. The van der Waals surface area contributed by atoms with Crippen LogP contribution in [0.2, 0.25) is 0 Å². The van der Waals surface area contributed by atoms with Crippen LogP contribution in [-0.2, 0) is 0 Å². The lowest BCUT2D eigenvalue weighted by Crippen LogP contribution is -2.04. The van der Waals surface area contributed by atoms with E-state index in [0.29, 0.717) is 0 Å². The van der Waals surface area contributed by atoms with E-state index < -0.39 is 0 Å². The van der Waals surface area contributed by atoms with Crippen LogP contribution in [0.5, 0.6) is 0 Å². The Kier molecular flexibility index (Phi) is 3.74. The Hall–Kier alpha value is -1.42. The average Bonchev–Trinajstić information content (AvgIpc) is 2.72. The van der Waals surface area contributed by atoms with Gasteiger partial charge < -0.3 is 5.32 Å². The number of rotatable bonds is 4. The first-order valence-electron chi connectivity index (χ1n) is 5.83. The number of nitrogens with zero attached hydrogens (tertiary/aromatic N) is 2. The van der Waals surface area contributed by atoms with Crippen molar-refractivity contribution in [1.29, 1.82) is 0 Å². The topological polar surface area (TPSA) is 37.8 Å². The molecule has 2 rings (SSSR count). The Morgan fingerprint density at radius 2 is 2.06 bits per heavy atom. The molecule has 0 radical (unpaired) electrons. The molecule has 17 heavy (non-hydrogen) atoms. The minimum atomic E-state index is 0.822. The summed E-state index contributed by atoms with van der Waals surface area (Å²) in [5.41, 5.74) is 3.37. The van der Waals surface area contributed by atoms with E-state index in [1.165, 1.54) is 5.56 Å². The first-order chi connectivity index (χ1) is 8.20. The van der Waals surface area contributed by atoms with E-state index in [2.05, 4.69) is 39.9 Å². The Labute approximate surface area is 106 Å². The van der Waals surface area contributed by atoms with Crippen LogP contribution in [0.25, 0.3) is 11.4 Å². The van der Waals surface area contributed by atoms with Crippen molar-refractivity contribution >= 4 is 17.2 Å². The maximum Gasteiger partial charge on any atom is 0.162 e. The fraction of sp³-hybridized carbons (Fsp3) is 0.385. The van der Waals surface area contributed by atoms with Gasteiger partial charge in [-0.2, -0.15) is 11.3 Å². The van der Waals surface area contributed by atoms with Gasteiger partial charge in [0.1, 0.15) is 5.82 Å². The second-order valence-corrected chi connectivity index (χ2v) is 4.86. The molecular formula is C13H17N3S. The van der Waals surface area contributed by atoms with Crippen molar-refractivity contribution in [2.45, 2.75) is 27.2 Å². The first-order valence-corrected chi connectivity index (χ1v) is 6.77. The van der Waals surface area contributed by atoms with E-state index >= 15 is 0 Å². The predicted molar refractivity (Wildman–Crippen MR) is 73.6 cm³/mol. The molecule has 0 bridgehead atoms. The molecule has 90 valence electrons. The van der Waals surface area contributed by atoms with Crippen molar-refractivity contribution in [1.82, 2.24) is 9.97 Å². The van der Waals surface area contributed by atoms with Crippen molar-refractivity contribution in [3.8, 4) is 11.4 Å². The van der Waals surface area contributed by atoms with Gasteiger partial charge in [0.15, 0.2) is 5.82 Å². The summed E-state index contributed by atoms with van der Waals surface area (Å²) in [4.78, 5) is 9.06. The van der Waals surface area contributed by atoms with Crippen molar-refractivity contribution in [2.75, 3.05) is 11.9 Å². The van der Waals surface area contributed by atoms with Crippen molar-refractivity contribution in [3.05, 3.63) is 28.1 Å². The molecule has 0 aliphatic heterocycles. The third-order valence-corrected chi connectivity index (χ3v) is 3.37. The standard InChI is InChI=1S/C13H17N3S/c1-4-5-14-12-6-10(3)15-13(16-12)11-8-17-7-9(11)2/h6-8H,4-5H2,1-3H3,(H,14,15,16). The summed E-state index contributed by atoms with van der Waals surface area (Å²) in [5.74, 6) is 1.74. The molecule has 2 heterocycles. The molecule has 2 aromatic heterocycles. The molecule has 3 nitrogen and oxygen atoms in total. The number of hydrogen-bond donors (Lipinski definition) is 1. The highest BCUT2D eigenvalue weighted by Gasteiger charge is 2.08. The summed E-state index contributed by atoms with van der Waals surface area (Å²) in [5, 5.41) is 7.54. The fourth-order valence-corrected chi connectivity index (χ4v) is 2.45. The molecule has 4 heteroatoms. The number of aromatic nitrogens is 2. The zero-order chi connectivity index (χ0) is 12.3. The van der Waals surface area contributed by atoms with Crippen LogP contribution < -0.4 is 5.32 Å². The SMILES string of the molecule is CCCNc1cc(C)nc(-c2cscc2C)n1. The number of hydrogen-bond acceptors (Lipinski definition) is 4. The van der Waals surface area contributed by atoms with Gasteiger partial charge in [0, 0.05) is 29.2 Å². The Morgan fingerprint density at radius 1 is 1.24 bits per heavy atom. The normalized spacial score (nSPS) is 10.5. The van der Waals surface area contributed by atoms with Crippen LogP contribution in [0.3, 0.4) is 0 Å². The van der Waals surface area contributed by atoms with Crippen molar-refractivity contribution < 1.29 is 0 Å². The summed E-state index contributed by atoms with van der Waals surface area (Å²) >= 11 is 1.69. The quantitative estimate of drug-likeness (QED) is 0.896. The lowest BCUT2D eigenvalue weighted by molar-refractivity contribution is 0.962. The molecule has 0 fully saturated rings. The van der Waals surface area contributed by atoms with Gasteiger partial charge in [0.25, 0.3) is 0 Å².